The monoisotopic (exact) mass is 362 g/mol. The normalized spacial score (nSPS) is 16.8. The van der Waals surface area contributed by atoms with E-state index in [1.165, 1.54) is 11.1 Å². The Labute approximate surface area is 152 Å². The van der Waals surface area contributed by atoms with Crippen LogP contribution < -0.4 is 5.32 Å². The summed E-state index contributed by atoms with van der Waals surface area (Å²) in [6, 6.07) is 14.0. The number of halogens is 2. The van der Waals surface area contributed by atoms with Crippen LogP contribution in [-0.2, 0) is 11.2 Å². The predicted molar refractivity (Wildman–Crippen MR) is 99.8 cm³/mol. The summed E-state index contributed by atoms with van der Waals surface area (Å²) in [4.78, 5) is 14.5. The molecule has 1 atom stereocenters. The van der Waals surface area contributed by atoms with Crippen LogP contribution in [0.4, 0.5) is 5.69 Å². The van der Waals surface area contributed by atoms with E-state index in [9.17, 15) is 4.79 Å². The van der Waals surface area contributed by atoms with Gasteiger partial charge in [0.2, 0.25) is 5.91 Å². The molecule has 0 aliphatic heterocycles. The zero-order valence-electron chi connectivity index (χ0n) is 13.6. The highest BCUT2D eigenvalue weighted by Crippen LogP contribution is 2.33. The number of fused-ring (bicyclic) bond motifs is 1. The molecule has 0 heterocycles. The molecule has 1 aliphatic rings. The minimum atomic E-state index is -0.0929. The second-order valence-corrected chi connectivity index (χ2v) is 6.96. The van der Waals surface area contributed by atoms with Crippen molar-refractivity contribution in [3.8, 4) is 0 Å². The van der Waals surface area contributed by atoms with Crippen molar-refractivity contribution in [2.45, 2.75) is 25.3 Å². The molecule has 1 N–H and O–H groups in total. The molecule has 0 saturated carbocycles. The molecule has 0 saturated heterocycles. The highest BCUT2D eigenvalue weighted by molar-refractivity contribution is 6.43. The summed E-state index contributed by atoms with van der Waals surface area (Å²) in [5.74, 6) is -0.0929. The number of hydrogen-bond acceptors (Lipinski definition) is 2. The summed E-state index contributed by atoms with van der Waals surface area (Å²) >= 11 is 12.1. The van der Waals surface area contributed by atoms with E-state index >= 15 is 0 Å². The molecule has 24 heavy (non-hydrogen) atoms. The lowest BCUT2D eigenvalue weighted by Gasteiger charge is -2.32. The SMILES string of the molecule is CN(CC(=O)Nc1cccc(Cl)c1Cl)C1CCCc2ccccc21. The van der Waals surface area contributed by atoms with E-state index in [2.05, 4.69) is 34.5 Å². The second-order valence-electron chi connectivity index (χ2n) is 6.17. The first kappa shape index (κ1) is 17.3. The topological polar surface area (TPSA) is 32.3 Å². The number of anilines is 1. The van der Waals surface area contributed by atoms with E-state index in [1.807, 2.05) is 7.05 Å². The average Bonchev–Trinajstić information content (AvgIpc) is 2.58. The van der Waals surface area contributed by atoms with Gasteiger partial charge in [-0.05, 0) is 49.6 Å². The number of likely N-dealkylation sites (N-methyl/N-ethyl adjacent to an activating group) is 1. The lowest BCUT2D eigenvalue weighted by molar-refractivity contribution is -0.117. The average molecular weight is 363 g/mol. The standard InChI is InChI=1S/C19H20Cl2N2O/c1-23(17-11-4-7-13-6-2-3-8-14(13)17)12-18(24)22-16-10-5-9-15(20)19(16)21/h2-3,5-6,8-10,17H,4,7,11-12H2,1H3,(H,22,24). The smallest absolute Gasteiger partial charge is 0.238 e. The molecular formula is C19H20Cl2N2O. The third-order valence-electron chi connectivity index (χ3n) is 4.49. The summed E-state index contributed by atoms with van der Waals surface area (Å²) in [6.45, 7) is 0.307. The van der Waals surface area contributed by atoms with E-state index in [0.717, 1.165) is 19.3 Å². The van der Waals surface area contributed by atoms with Crippen molar-refractivity contribution < 1.29 is 4.79 Å². The minimum absolute atomic E-state index is 0.0929. The van der Waals surface area contributed by atoms with Gasteiger partial charge < -0.3 is 5.32 Å². The Hall–Kier alpha value is -1.55. The van der Waals surface area contributed by atoms with Gasteiger partial charge in [0.15, 0.2) is 0 Å². The third-order valence-corrected chi connectivity index (χ3v) is 5.31. The molecule has 2 aromatic rings. The van der Waals surface area contributed by atoms with Crippen LogP contribution in [0, 0.1) is 0 Å². The summed E-state index contributed by atoms with van der Waals surface area (Å²) < 4.78 is 0. The molecule has 0 aromatic heterocycles. The van der Waals surface area contributed by atoms with Crippen LogP contribution >= 0.6 is 23.2 Å². The zero-order chi connectivity index (χ0) is 17.1. The maximum Gasteiger partial charge on any atom is 0.238 e. The van der Waals surface area contributed by atoms with Gasteiger partial charge >= 0.3 is 0 Å². The quantitative estimate of drug-likeness (QED) is 0.834. The number of aryl methyl sites for hydroxylation is 1. The molecule has 3 rings (SSSR count). The fraction of sp³-hybridized carbons (Fsp3) is 0.316. The number of rotatable bonds is 4. The van der Waals surface area contributed by atoms with Crippen molar-refractivity contribution in [1.29, 1.82) is 0 Å². The summed E-state index contributed by atoms with van der Waals surface area (Å²) in [5, 5.41) is 3.66. The Balaban J connectivity index is 1.68. The van der Waals surface area contributed by atoms with E-state index < -0.39 is 0 Å². The number of carbonyl (C=O) groups excluding carboxylic acids is 1. The van der Waals surface area contributed by atoms with E-state index in [0.29, 0.717) is 22.3 Å². The Morgan fingerprint density at radius 2 is 2.00 bits per heavy atom. The lowest BCUT2D eigenvalue weighted by atomic mass is 9.87. The maximum atomic E-state index is 12.4. The number of hydrogen-bond donors (Lipinski definition) is 1. The second kappa shape index (κ2) is 7.56. The van der Waals surface area contributed by atoms with Crippen molar-refractivity contribution in [2.24, 2.45) is 0 Å². The molecule has 1 amide bonds. The lowest BCUT2D eigenvalue weighted by Crippen LogP contribution is -2.35. The molecule has 0 radical (unpaired) electrons. The van der Waals surface area contributed by atoms with Gasteiger partial charge in [0.1, 0.15) is 0 Å². The van der Waals surface area contributed by atoms with Gasteiger partial charge in [0, 0.05) is 6.04 Å². The Morgan fingerprint density at radius 3 is 2.83 bits per heavy atom. The van der Waals surface area contributed by atoms with Gasteiger partial charge in [-0.2, -0.15) is 0 Å². The number of nitrogens with zero attached hydrogens (tertiary/aromatic N) is 1. The van der Waals surface area contributed by atoms with Crippen molar-refractivity contribution in [2.75, 3.05) is 18.9 Å². The van der Waals surface area contributed by atoms with Crippen molar-refractivity contribution in [3.05, 3.63) is 63.6 Å². The molecule has 1 unspecified atom stereocenters. The molecular weight excluding hydrogens is 343 g/mol. The van der Waals surface area contributed by atoms with Crippen LogP contribution in [0.2, 0.25) is 10.0 Å². The largest absolute Gasteiger partial charge is 0.324 e. The van der Waals surface area contributed by atoms with E-state index in [1.54, 1.807) is 18.2 Å². The molecule has 126 valence electrons. The molecule has 3 nitrogen and oxygen atoms in total. The first-order valence-corrected chi connectivity index (χ1v) is 8.84. The minimum Gasteiger partial charge on any atom is -0.324 e. The van der Waals surface area contributed by atoms with Crippen molar-refractivity contribution >= 4 is 34.8 Å². The molecule has 0 spiro atoms. The van der Waals surface area contributed by atoms with E-state index in [4.69, 9.17) is 23.2 Å². The molecule has 5 heteroatoms. The Morgan fingerprint density at radius 1 is 1.21 bits per heavy atom. The predicted octanol–water partition coefficient (Wildman–Crippen LogP) is 4.94. The van der Waals surface area contributed by atoms with Crippen molar-refractivity contribution in [1.82, 2.24) is 4.90 Å². The molecule has 0 bridgehead atoms. The first-order chi connectivity index (χ1) is 11.6. The molecule has 0 fully saturated rings. The van der Waals surface area contributed by atoms with Gasteiger partial charge in [-0.15, -0.1) is 0 Å². The number of amides is 1. The summed E-state index contributed by atoms with van der Waals surface area (Å²) in [5.41, 5.74) is 3.27. The van der Waals surface area contributed by atoms with Gasteiger partial charge in [-0.3, -0.25) is 9.69 Å². The number of nitrogens with one attached hydrogen (secondary N) is 1. The molecule has 1 aliphatic carbocycles. The first-order valence-electron chi connectivity index (χ1n) is 8.08. The van der Waals surface area contributed by atoms with Crippen LogP contribution in [0.15, 0.2) is 42.5 Å². The third kappa shape index (κ3) is 3.75. The highest BCUT2D eigenvalue weighted by Gasteiger charge is 2.24. The van der Waals surface area contributed by atoms with Crippen LogP contribution in [0.3, 0.4) is 0 Å². The zero-order valence-corrected chi connectivity index (χ0v) is 15.1. The van der Waals surface area contributed by atoms with Gasteiger partial charge in [0.25, 0.3) is 0 Å². The van der Waals surface area contributed by atoms with Gasteiger partial charge in [-0.25, -0.2) is 0 Å². The van der Waals surface area contributed by atoms with Crippen LogP contribution in [0.1, 0.15) is 30.0 Å². The maximum absolute atomic E-state index is 12.4. The van der Waals surface area contributed by atoms with Crippen LogP contribution in [0.5, 0.6) is 0 Å². The van der Waals surface area contributed by atoms with Crippen LogP contribution in [-0.4, -0.2) is 24.4 Å². The van der Waals surface area contributed by atoms with E-state index in [-0.39, 0.29) is 11.9 Å². The highest BCUT2D eigenvalue weighted by atomic mass is 35.5. The number of benzene rings is 2. The summed E-state index contributed by atoms with van der Waals surface area (Å²) in [6.07, 6.45) is 3.33. The fourth-order valence-electron chi connectivity index (χ4n) is 3.31. The number of carbonyl (C=O) groups is 1. The Bertz CT molecular complexity index is 748. The fourth-order valence-corrected chi connectivity index (χ4v) is 3.66. The molecule has 2 aromatic carbocycles. The van der Waals surface area contributed by atoms with Crippen molar-refractivity contribution in [3.63, 3.8) is 0 Å². The van der Waals surface area contributed by atoms with Crippen LogP contribution in [0.25, 0.3) is 0 Å². The van der Waals surface area contributed by atoms with Gasteiger partial charge in [0.05, 0.1) is 22.3 Å². The summed E-state index contributed by atoms with van der Waals surface area (Å²) in [7, 11) is 1.99. The Kier molecular flexibility index (Phi) is 5.44. The van der Waals surface area contributed by atoms with Gasteiger partial charge in [-0.1, -0.05) is 53.5 Å².